The van der Waals surface area contributed by atoms with Crippen LogP contribution in [0.1, 0.15) is 12.5 Å². The molecular weight excluding hydrogens is 304 g/mol. The minimum absolute atomic E-state index is 0.102. The second-order valence-electron chi connectivity index (χ2n) is 5.30. The van der Waals surface area contributed by atoms with Crippen LogP contribution >= 0.6 is 0 Å². The predicted octanol–water partition coefficient (Wildman–Crippen LogP) is 0.556. The molecule has 0 aromatic heterocycles. The van der Waals surface area contributed by atoms with E-state index in [1.807, 2.05) is 6.92 Å². The second kappa shape index (κ2) is 7.41. The van der Waals surface area contributed by atoms with E-state index in [0.717, 1.165) is 12.0 Å². The first-order valence-electron chi connectivity index (χ1n) is 7.53. The molecule has 1 aliphatic rings. The number of hydrogen-bond donors (Lipinski definition) is 1. The highest BCUT2D eigenvalue weighted by atomic mass is 32.2. The number of aliphatic hydroxyl groups excluding tert-OH is 1. The average Bonchev–Trinajstić information content (AvgIpc) is 2.55. The predicted molar refractivity (Wildman–Crippen MR) is 84.7 cm³/mol. The Labute approximate surface area is 132 Å². The van der Waals surface area contributed by atoms with Crippen LogP contribution < -0.4 is 4.74 Å². The lowest BCUT2D eigenvalue weighted by atomic mass is 10.1. The van der Waals surface area contributed by atoms with E-state index in [1.54, 1.807) is 25.3 Å². The summed E-state index contributed by atoms with van der Waals surface area (Å²) in [7, 11) is -1.88. The van der Waals surface area contributed by atoms with E-state index >= 15 is 0 Å². The van der Waals surface area contributed by atoms with Gasteiger partial charge < -0.3 is 9.84 Å². The minimum Gasteiger partial charge on any atom is -0.496 e. The molecule has 0 radical (unpaired) electrons. The van der Waals surface area contributed by atoms with E-state index in [1.165, 1.54) is 4.31 Å². The van der Waals surface area contributed by atoms with Crippen LogP contribution in [0, 0.1) is 0 Å². The zero-order valence-electron chi connectivity index (χ0n) is 13.2. The van der Waals surface area contributed by atoms with Gasteiger partial charge in [-0.3, -0.25) is 4.90 Å². The summed E-state index contributed by atoms with van der Waals surface area (Å²) in [4.78, 5) is 2.39. The Bertz CT molecular complexity index is 596. The standard InChI is InChI=1S/C15H24N2O4S/c1-3-13-12-14(4-5-15(13)21-2)22(19,20)17-8-6-16(7-9-17)10-11-18/h4-5,12,18H,3,6-11H2,1-2H3. The molecule has 7 heteroatoms. The van der Waals surface area contributed by atoms with Gasteiger partial charge in [0.25, 0.3) is 0 Å². The normalized spacial score (nSPS) is 17.6. The molecule has 1 aromatic carbocycles. The van der Waals surface area contributed by atoms with E-state index < -0.39 is 10.0 Å². The Balaban J connectivity index is 2.17. The van der Waals surface area contributed by atoms with Crippen molar-refractivity contribution in [3.05, 3.63) is 23.8 Å². The van der Waals surface area contributed by atoms with Crippen molar-refractivity contribution in [3.8, 4) is 5.75 Å². The molecule has 0 atom stereocenters. The maximum absolute atomic E-state index is 12.7. The fraction of sp³-hybridized carbons (Fsp3) is 0.600. The summed E-state index contributed by atoms with van der Waals surface area (Å²) in [5.74, 6) is 0.717. The summed E-state index contributed by atoms with van der Waals surface area (Å²) in [5.41, 5.74) is 0.891. The number of benzene rings is 1. The van der Waals surface area contributed by atoms with E-state index in [-0.39, 0.29) is 6.61 Å². The van der Waals surface area contributed by atoms with Gasteiger partial charge in [-0.25, -0.2) is 8.42 Å². The SMILES string of the molecule is CCc1cc(S(=O)(=O)N2CCN(CCO)CC2)ccc1OC. The van der Waals surface area contributed by atoms with Gasteiger partial charge in [-0.05, 0) is 30.2 Å². The van der Waals surface area contributed by atoms with Crippen molar-refractivity contribution in [2.45, 2.75) is 18.2 Å². The quantitative estimate of drug-likeness (QED) is 0.826. The van der Waals surface area contributed by atoms with Gasteiger partial charge >= 0.3 is 0 Å². The number of nitrogens with zero attached hydrogens (tertiary/aromatic N) is 2. The molecule has 0 amide bonds. The third kappa shape index (κ3) is 3.60. The zero-order chi connectivity index (χ0) is 16.2. The van der Waals surface area contributed by atoms with Crippen molar-refractivity contribution in [3.63, 3.8) is 0 Å². The van der Waals surface area contributed by atoms with Crippen molar-refractivity contribution in [2.24, 2.45) is 0 Å². The summed E-state index contributed by atoms with van der Waals surface area (Å²) in [6.45, 7) is 4.88. The van der Waals surface area contributed by atoms with Gasteiger partial charge in [-0.15, -0.1) is 0 Å². The fourth-order valence-electron chi connectivity index (χ4n) is 2.68. The number of piperazine rings is 1. The first-order chi connectivity index (χ1) is 10.5. The van der Waals surface area contributed by atoms with Crippen LogP contribution in [-0.2, 0) is 16.4 Å². The second-order valence-corrected chi connectivity index (χ2v) is 7.23. The first kappa shape index (κ1) is 17.2. The average molecular weight is 328 g/mol. The molecule has 22 heavy (non-hydrogen) atoms. The third-order valence-electron chi connectivity index (χ3n) is 4.02. The molecule has 0 spiro atoms. The number of β-amino-alcohol motifs (C(OH)–C–C–N with tert-alkyl or cyclic N) is 1. The van der Waals surface area contributed by atoms with Crippen LogP contribution in [0.3, 0.4) is 0 Å². The number of methoxy groups -OCH3 is 1. The highest BCUT2D eigenvalue weighted by molar-refractivity contribution is 7.89. The van der Waals surface area contributed by atoms with Crippen molar-refractivity contribution in [1.82, 2.24) is 9.21 Å². The molecule has 1 fully saturated rings. The van der Waals surface area contributed by atoms with E-state index in [4.69, 9.17) is 9.84 Å². The molecule has 124 valence electrons. The third-order valence-corrected chi connectivity index (χ3v) is 5.91. The van der Waals surface area contributed by atoms with Crippen LogP contribution in [0.2, 0.25) is 0 Å². The first-order valence-corrected chi connectivity index (χ1v) is 8.97. The van der Waals surface area contributed by atoms with Gasteiger partial charge in [0.15, 0.2) is 0 Å². The van der Waals surface area contributed by atoms with Crippen LogP contribution in [0.25, 0.3) is 0 Å². The molecule has 2 rings (SSSR count). The fourth-order valence-corrected chi connectivity index (χ4v) is 4.15. The van der Waals surface area contributed by atoms with Crippen molar-refractivity contribution in [1.29, 1.82) is 0 Å². The summed E-state index contributed by atoms with van der Waals surface area (Å²) < 4.78 is 32.2. The Hall–Kier alpha value is -1.15. The smallest absolute Gasteiger partial charge is 0.243 e. The molecule has 0 saturated carbocycles. The van der Waals surface area contributed by atoms with Crippen LogP contribution in [-0.4, -0.2) is 69.2 Å². The number of sulfonamides is 1. The maximum Gasteiger partial charge on any atom is 0.243 e. The van der Waals surface area contributed by atoms with Gasteiger partial charge in [0.1, 0.15) is 5.75 Å². The number of aryl methyl sites for hydroxylation is 1. The van der Waals surface area contributed by atoms with E-state index in [0.29, 0.717) is 43.4 Å². The van der Waals surface area contributed by atoms with Gasteiger partial charge in [0.05, 0.1) is 18.6 Å². The highest BCUT2D eigenvalue weighted by Gasteiger charge is 2.28. The Morgan fingerprint density at radius 2 is 1.91 bits per heavy atom. The number of aliphatic hydroxyl groups is 1. The van der Waals surface area contributed by atoms with Crippen molar-refractivity contribution < 1.29 is 18.3 Å². The lowest BCUT2D eigenvalue weighted by Crippen LogP contribution is -2.49. The molecule has 0 unspecified atom stereocenters. The molecule has 1 N–H and O–H groups in total. The number of rotatable bonds is 6. The largest absolute Gasteiger partial charge is 0.496 e. The molecule has 1 saturated heterocycles. The van der Waals surface area contributed by atoms with Crippen molar-refractivity contribution >= 4 is 10.0 Å². The molecular formula is C15H24N2O4S. The minimum atomic E-state index is -3.47. The van der Waals surface area contributed by atoms with Crippen LogP contribution in [0.15, 0.2) is 23.1 Å². The molecule has 1 aliphatic heterocycles. The van der Waals surface area contributed by atoms with Gasteiger partial charge in [-0.2, -0.15) is 4.31 Å². The number of hydrogen-bond acceptors (Lipinski definition) is 5. The van der Waals surface area contributed by atoms with Crippen LogP contribution in [0.4, 0.5) is 0 Å². The summed E-state index contributed by atoms with van der Waals surface area (Å²) >= 11 is 0. The molecule has 6 nitrogen and oxygen atoms in total. The molecule has 0 aliphatic carbocycles. The van der Waals surface area contributed by atoms with Gasteiger partial charge in [-0.1, -0.05) is 6.92 Å². The molecule has 1 heterocycles. The molecule has 0 bridgehead atoms. The monoisotopic (exact) mass is 328 g/mol. The number of ether oxygens (including phenoxy) is 1. The Morgan fingerprint density at radius 1 is 1.23 bits per heavy atom. The maximum atomic E-state index is 12.7. The lowest BCUT2D eigenvalue weighted by molar-refractivity contribution is 0.151. The van der Waals surface area contributed by atoms with Crippen molar-refractivity contribution in [2.75, 3.05) is 46.4 Å². The van der Waals surface area contributed by atoms with Gasteiger partial charge in [0, 0.05) is 32.7 Å². The topological polar surface area (TPSA) is 70.1 Å². The molecule has 1 aromatic rings. The zero-order valence-corrected chi connectivity index (χ0v) is 14.0. The highest BCUT2D eigenvalue weighted by Crippen LogP contribution is 2.25. The Kier molecular flexibility index (Phi) is 5.80. The summed E-state index contributed by atoms with van der Waals surface area (Å²) in [6.07, 6.45) is 0.719. The van der Waals surface area contributed by atoms with Crippen LogP contribution in [0.5, 0.6) is 5.75 Å². The lowest BCUT2D eigenvalue weighted by Gasteiger charge is -2.33. The van der Waals surface area contributed by atoms with E-state index in [9.17, 15) is 8.42 Å². The summed E-state index contributed by atoms with van der Waals surface area (Å²) in [6, 6.07) is 5.02. The Morgan fingerprint density at radius 3 is 2.45 bits per heavy atom. The van der Waals surface area contributed by atoms with E-state index in [2.05, 4.69) is 4.90 Å². The van der Waals surface area contributed by atoms with Gasteiger partial charge in [0.2, 0.25) is 10.0 Å². The summed E-state index contributed by atoms with van der Waals surface area (Å²) in [5, 5.41) is 8.94.